The SMILES string of the molecule is COC(=O)c1onc(C)c1NC(=O)OC(C)(C)C. The second kappa shape index (κ2) is 5.07. The Labute approximate surface area is 104 Å². The molecule has 0 fully saturated rings. The van der Waals surface area contributed by atoms with Crippen LogP contribution >= 0.6 is 0 Å². The van der Waals surface area contributed by atoms with Gasteiger partial charge in [0.2, 0.25) is 0 Å². The molecular weight excluding hydrogens is 240 g/mol. The van der Waals surface area contributed by atoms with Crippen molar-refractivity contribution in [3.63, 3.8) is 0 Å². The van der Waals surface area contributed by atoms with E-state index in [0.29, 0.717) is 5.69 Å². The molecule has 0 radical (unpaired) electrons. The van der Waals surface area contributed by atoms with Crippen molar-refractivity contribution < 1.29 is 23.6 Å². The number of amides is 1. The van der Waals surface area contributed by atoms with Gasteiger partial charge < -0.3 is 14.0 Å². The summed E-state index contributed by atoms with van der Waals surface area (Å²) in [7, 11) is 1.21. The van der Waals surface area contributed by atoms with E-state index in [1.807, 2.05) is 0 Å². The summed E-state index contributed by atoms with van der Waals surface area (Å²) in [6.07, 6.45) is -0.695. The fourth-order valence-corrected chi connectivity index (χ4v) is 1.15. The number of hydrogen-bond acceptors (Lipinski definition) is 6. The summed E-state index contributed by atoms with van der Waals surface area (Å²) in [5.41, 5.74) is -0.127. The number of anilines is 1. The maximum absolute atomic E-state index is 11.6. The van der Waals surface area contributed by atoms with Gasteiger partial charge in [-0.25, -0.2) is 9.59 Å². The van der Waals surface area contributed by atoms with E-state index in [9.17, 15) is 9.59 Å². The van der Waals surface area contributed by atoms with Crippen LogP contribution in [0.25, 0.3) is 0 Å². The van der Waals surface area contributed by atoms with Gasteiger partial charge in [0.25, 0.3) is 5.76 Å². The second-order valence-corrected chi connectivity index (χ2v) is 4.59. The van der Waals surface area contributed by atoms with Crippen molar-refractivity contribution in [2.75, 3.05) is 12.4 Å². The number of hydrogen-bond donors (Lipinski definition) is 1. The van der Waals surface area contributed by atoms with Crippen LogP contribution in [0.3, 0.4) is 0 Å². The summed E-state index contributed by atoms with van der Waals surface area (Å²) in [6.45, 7) is 6.78. The van der Waals surface area contributed by atoms with E-state index in [1.165, 1.54) is 7.11 Å². The third kappa shape index (κ3) is 3.47. The molecular formula is C11H16N2O5. The van der Waals surface area contributed by atoms with Gasteiger partial charge in [-0.3, -0.25) is 5.32 Å². The van der Waals surface area contributed by atoms with Gasteiger partial charge in [-0.15, -0.1) is 0 Å². The monoisotopic (exact) mass is 256 g/mol. The normalized spacial score (nSPS) is 10.9. The van der Waals surface area contributed by atoms with E-state index in [-0.39, 0.29) is 11.4 Å². The lowest BCUT2D eigenvalue weighted by Crippen LogP contribution is -2.27. The average molecular weight is 256 g/mol. The van der Waals surface area contributed by atoms with Gasteiger partial charge in [0.05, 0.1) is 7.11 Å². The van der Waals surface area contributed by atoms with Crippen LogP contribution in [0.2, 0.25) is 0 Å². The molecule has 0 aliphatic rings. The number of rotatable bonds is 2. The van der Waals surface area contributed by atoms with Gasteiger partial charge in [-0.2, -0.15) is 0 Å². The highest BCUT2D eigenvalue weighted by molar-refractivity contribution is 5.97. The molecule has 0 aromatic carbocycles. The largest absolute Gasteiger partial charge is 0.463 e. The first kappa shape index (κ1) is 14.0. The van der Waals surface area contributed by atoms with E-state index >= 15 is 0 Å². The molecule has 18 heavy (non-hydrogen) atoms. The Hall–Kier alpha value is -2.05. The predicted octanol–water partition coefficient (Wildman–Crippen LogP) is 2.12. The minimum absolute atomic E-state index is 0.149. The molecule has 100 valence electrons. The number of nitrogens with one attached hydrogen (secondary N) is 1. The zero-order chi connectivity index (χ0) is 13.9. The minimum Gasteiger partial charge on any atom is -0.463 e. The molecule has 0 atom stereocenters. The van der Waals surface area contributed by atoms with E-state index in [4.69, 9.17) is 9.26 Å². The van der Waals surface area contributed by atoms with Gasteiger partial charge in [0.15, 0.2) is 0 Å². The molecule has 1 N–H and O–H groups in total. The van der Waals surface area contributed by atoms with Crippen LogP contribution in [0.1, 0.15) is 37.0 Å². The van der Waals surface area contributed by atoms with E-state index in [0.717, 1.165) is 0 Å². The zero-order valence-electron chi connectivity index (χ0n) is 11.0. The molecule has 0 saturated heterocycles. The number of carbonyl (C=O) groups is 2. The fraction of sp³-hybridized carbons (Fsp3) is 0.545. The predicted molar refractivity (Wildman–Crippen MR) is 62.4 cm³/mol. The summed E-state index contributed by atoms with van der Waals surface area (Å²) >= 11 is 0. The smallest absolute Gasteiger partial charge is 0.412 e. The van der Waals surface area contributed by atoms with Crippen molar-refractivity contribution in [1.82, 2.24) is 5.16 Å². The van der Waals surface area contributed by atoms with Gasteiger partial charge in [0, 0.05) is 0 Å². The van der Waals surface area contributed by atoms with Crippen molar-refractivity contribution in [2.45, 2.75) is 33.3 Å². The summed E-state index contributed by atoms with van der Waals surface area (Å²) in [6, 6.07) is 0. The lowest BCUT2D eigenvalue weighted by molar-refractivity contribution is 0.0556. The minimum atomic E-state index is -0.721. The van der Waals surface area contributed by atoms with Crippen molar-refractivity contribution in [1.29, 1.82) is 0 Å². The number of carbonyl (C=O) groups excluding carboxylic acids is 2. The number of methoxy groups -OCH3 is 1. The molecule has 0 unspecified atom stereocenters. The van der Waals surface area contributed by atoms with Crippen LogP contribution in [-0.4, -0.2) is 29.9 Å². The Morgan fingerprint density at radius 2 is 1.94 bits per heavy atom. The molecule has 0 spiro atoms. The van der Waals surface area contributed by atoms with Crippen LogP contribution in [0.15, 0.2) is 4.52 Å². The molecule has 7 nitrogen and oxygen atoms in total. The molecule has 1 aromatic heterocycles. The first-order valence-electron chi connectivity index (χ1n) is 5.29. The topological polar surface area (TPSA) is 90.7 Å². The van der Waals surface area contributed by atoms with Gasteiger partial charge in [-0.05, 0) is 27.7 Å². The van der Waals surface area contributed by atoms with Crippen LogP contribution in [0.4, 0.5) is 10.5 Å². The molecule has 1 rings (SSSR count). The molecule has 1 heterocycles. The van der Waals surface area contributed by atoms with Crippen molar-refractivity contribution in [3.8, 4) is 0 Å². The standard InChI is InChI=1S/C11H16N2O5/c1-6-7(8(18-13-6)9(14)16-5)12-10(15)17-11(2,3)4/h1-5H3,(H,12,15). The van der Waals surface area contributed by atoms with Crippen LogP contribution < -0.4 is 5.32 Å². The van der Waals surface area contributed by atoms with Crippen molar-refractivity contribution >= 4 is 17.7 Å². The lowest BCUT2D eigenvalue weighted by atomic mass is 10.2. The maximum atomic E-state index is 11.6. The van der Waals surface area contributed by atoms with E-state index < -0.39 is 17.7 Å². The molecule has 0 bridgehead atoms. The number of nitrogens with zero attached hydrogens (tertiary/aromatic N) is 1. The van der Waals surface area contributed by atoms with Gasteiger partial charge in [0.1, 0.15) is 17.0 Å². The summed E-state index contributed by atoms with van der Waals surface area (Å²) < 4.78 is 14.4. The van der Waals surface area contributed by atoms with E-state index in [1.54, 1.807) is 27.7 Å². The Morgan fingerprint density at radius 3 is 2.44 bits per heavy atom. The Balaban J connectivity index is 2.87. The molecule has 7 heteroatoms. The number of aromatic nitrogens is 1. The summed E-state index contributed by atoms with van der Waals surface area (Å²) in [5.74, 6) is -0.887. The van der Waals surface area contributed by atoms with Gasteiger partial charge in [-0.1, -0.05) is 5.16 Å². The second-order valence-electron chi connectivity index (χ2n) is 4.59. The highest BCUT2D eigenvalue weighted by Crippen LogP contribution is 2.21. The molecule has 0 aliphatic carbocycles. The summed E-state index contributed by atoms with van der Waals surface area (Å²) in [4.78, 5) is 23.0. The van der Waals surface area contributed by atoms with E-state index in [2.05, 4.69) is 15.2 Å². The Morgan fingerprint density at radius 1 is 1.33 bits per heavy atom. The van der Waals surface area contributed by atoms with Crippen molar-refractivity contribution in [2.24, 2.45) is 0 Å². The number of esters is 1. The summed E-state index contributed by atoms with van der Waals surface area (Å²) in [5, 5.41) is 6.00. The number of ether oxygens (including phenoxy) is 2. The van der Waals surface area contributed by atoms with Crippen LogP contribution in [0.5, 0.6) is 0 Å². The molecule has 0 saturated carbocycles. The zero-order valence-corrected chi connectivity index (χ0v) is 11.0. The highest BCUT2D eigenvalue weighted by atomic mass is 16.6. The average Bonchev–Trinajstić information content (AvgIpc) is 2.57. The Kier molecular flexibility index (Phi) is 3.95. The number of aryl methyl sites for hydroxylation is 1. The van der Waals surface area contributed by atoms with Gasteiger partial charge >= 0.3 is 12.1 Å². The third-order valence-corrected chi connectivity index (χ3v) is 1.86. The van der Waals surface area contributed by atoms with Crippen LogP contribution in [0, 0.1) is 6.92 Å². The third-order valence-electron chi connectivity index (χ3n) is 1.86. The fourth-order valence-electron chi connectivity index (χ4n) is 1.15. The van der Waals surface area contributed by atoms with Crippen LogP contribution in [-0.2, 0) is 9.47 Å². The van der Waals surface area contributed by atoms with Crippen molar-refractivity contribution in [3.05, 3.63) is 11.5 Å². The molecule has 0 aliphatic heterocycles. The maximum Gasteiger partial charge on any atom is 0.412 e. The first-order chi connectivity index (χ1) is 8.24. The lowest BCUT2D eigenvalue weighted by Gasteiger charge is -2.19. The Bertz CT molecular complexity index is 458. The molecule has 1 amide bonds. The first-order valence-corrected chi connectivity index (χ1v) is 5.29. The molecule has 1 aromatic rings. The highest BCUT2D eigenvalue weighted by Gasteiger charge is 2.24. The quantitative estimate of drug-likeness (QED) is 0.815.